The SMILES string of the molecule is C=COC(=O)c1cc[c]([Sb]([c]2ccc(C(=O)OC=C)cc2)[c]2cc[c]([Sb]([c]3ccc(C(=O)OC=C)cc3)[c]3ccc(C(=O)OC=C)cc3)cc2)cc1. The fraction of sp³-hybridized carbons (Fsp3) is 0. The first-order chi connectivity index (χ1) is 25.3. The average Bonchev–Trinajstić information content (AvgIpc) is 3.17. The zero-order valence-electron chi connectivity index (χ0n) is 27.8. The molecule has 5 aromatic carbocycles. The van der Waals surface area contributed by atoms with E-state index >= 15 is 0 Å². The van der Waals surface area contributed by atoms with Gasteiger partial charge < -0.3 is 0 Å². The number of carbonyl (C=O) groups is 4. The molecule has 0 fully saturated rings. The maximum absolute atomic E-state index is 12.3. The van der Waals surface area contributed by atoms with E-state index in [-0.39, 0.29) is 0 Å². The quantitative estimate of drug-likeness (QED) is 0.0716. The molecule has 5 rings (SSSR count). The van der Waals surface area contributed by atoms with E-state index in [1.54, 1.807) is 48.5 Å². The fourth-order valence-corrected chi connectivity index (χ4v) is 18.0. The van der Waals surface area contributed by atoms with Gasteiger partial charge in [-0.15, -0.1) is 0 Å². The number of rotatable bonds is 14. The fourth-order valence-electron chi connectivity index (χ4n) is 5.21. The Hall–Kier alpha value is -5.42. The summed E-state index contributed by atoms with van der Waals surface area (Å²) in [6, 6.07) is 38.2. The molecule has 0 saturated carbocycles. The summed E-state index contributed by atoms with van der Waals surface area (Å²) in [5, 5.41) is 0. The molecule has 0 aliphatic heterocycles. The van der Waals surface area contributed by atoms with Crippen molar-refractivity contribution < 1.29 is 38.1 Å². The summed E-state index contributed by atoms with van der Waals surface area (Å²) in [4.78, 5) is 49.4. The summed E-state index contributed by atoms with van der Waals surface area (Å²) in [7, 11) is 0. The molecule has 0 aliphatic carbocycles. The molecule has 10 heteroatoms. The van der Waals surface area contributed by atoms with Crippen molar-refractivity contribution in [3.8, 4) is 0 Å². The third kappa shape index (κ3) is 9.08. The normalized spacial score (nSPS) is 10.5. The van der Waals surface area contributed by atoms with E-state index in [1.807, 2.05) is 48.5 Å². The van der Waals surface area contributed by atoms with Crippen LogP contribution in [0.4, 0.5) is 0 Å². The van der Waals surface area contributed by atoms with Gasteiger partial charge in [-0.25, -0.2) is 0 Å². The molecule has 0 spiro atoms. The van der Waals surface area contributed by atoms with Gasteiger partial charge in [0.1, 0.15) is 0 Å². The van der Waals surface area contributed by atoms with Gasteiger partial charge in [0, 0.05) is 0 Å². The Kier molecular flexibility index (Phi) is 13.2. The van der Waals surface area contributed by atoms with Crippen LogP contribution >= 0.6 is 0 Å². The molecule has 0 radical (unpaired) electrons. The molecule has 0 heterocycles. The van der Waals surface area contributed by atoms with E-state index < -0.39 is 64.3 Å². The third-order valence-electron chi connectivity index (χ3n) is 7.57. The average molecular weight is 908 g/mol. The van der Waals surface area contributed by atoms with Gasteiger partial charge in [-0.1, -0.05) is 0 Å². The van der Waals surface area contributed by atoms with Gasteiger partial charge in [0.2, 0.25) is 0 Å². The molecule has 52 heavy (non-hydrogen) atoms. The zero-order chi connectivity index (χ0) is 37.0. The van der Waals surface area contributed by atoms with Crippen LogP contribution in [0.15, 0.2) is 173 Å². The second-order valence-corrected chi connectivity index (χ2v) is 23.3. The van der Waals surface area contributed by atoms with E-state index in [0.717, 1.165) is 46.1 Å². The minimum atomic E-state index is -2.74. The third-order valence-corrected chi connectivity index (χ3v) is 21.5. The standard InChI is InChI=1S/4C9H7O2.C6H4.2Sb/c4*1-2-11-9(10)8-6-4-3-5-7-8;1-2-4-6-5-3-1;;/h4*2,4-7H,1H2;1-2,5-6H;;. The summed E-state index contributed by atoms with van der Waals surface area (Å²) < 4.78 is 26.5. The number of ether oxygens (including phenoxy) is 4. The summed E-state index contributed by atoms with van der Waals surface area (Å²) in [5.41, 5.74) is 1.63. The minimum absolute atomic E-state index is 0.408. The molecule has 5 aromatic rings. The monoisotopic (exact) mass is 906 g/mol. The molecule has 0 saturated heterocycles. The first-order valence-corrected chi connectivity index (χ1v) is 23.3. The van der Waals surface area contributed by atoms with Crippen LogP contribution in [0.2, 0.25) is 0 Å². The van der Waals surface area contributed by atoms with Gasteiger partial charge >= 0.3 is 318 Å². The Labute approximate surface area is 316 Å². The van der Waals surface area contributed by atoms with E-state index in [4.69, 9.17) is 18.9 Å². The van der Waals surface area contributed by atoms with Crippen molar-refractivity contribution in [3.05, 3.63) is 195 Å². The molecule has 8 nitrogen and oxygen atoms in total. The van der Waals surface area contributed by atoms with Gasteiger partial charge in [0.15, 0.2) is 0 Å². The van der Waals surface area contributed by atoms with Gasteiger partial charge in [0.05, 0.1) is 0 Å². The molecule has 0 amide bonds. The first kappa shape index (κ1) is 37.8. The van der Waals surface area contributed by atoms with Crippen LogP contribution in [0.3, 0.4) is 0 Å². The molecule has 0 N–H and O–H groups in total. The zero-order valence-corrected chi connectivity index (χ0v) is 33.0. The molecule has 258 valence electrons. The van der Waals surface area contributed by atoms with E-state index in [0.29, 0.717) is 22.3 Å². The van der Waals surface area contributed by atoms with Crippen molar-refractivity contribution >= 4 is 85.4 Å². The maximum atomic E-state index is 12.3. The van der Waals surface area contributed by atoms with Crippen LogP contribution < -0.4 is 21.1 Å². The summed E-state index contributed by atoms with van der Waals surface area (Å²) >= 11 is -5.48. The first-order valence-electron chi connectivity index (χ1n) is 15.7. The summed E-state index contributed by atoms with van der Waals surface area (Å²) in [6.45, 7) is 13.9. The molecule has 0 atom stereocenters. The second kappa shape index (κ2) is 18.2. The number of hydrogen-bond acceptors (Lipinski definition) is 8. The Balaban J connectivity index is 1.57. The van der Waals surface area contributed by atoms with E-state index in [2.05, 4.69) is 50.6 Å². The van der Waals surface area contributed by atoms with Crippen LogP contribution in [0.1, 0.15) is 41.4 Å². The number of hydrogen-bond donors (Lipinski definition) is 0. The van der Waals surface area contributed by atoms with Crippen molar-refractivity contribution in [3.63, 3.8) is 0 Å². The summed E-state index contributed by atoms with van der Waals surface area (Å²) in [6.07, 6.45) is 4.41. The Morgan fingerprint density at radius 3 is 0.635 bits per heavy atom. The molecule has 0 unspecified atom stereocenters. The van der Waals surface area contributed by atoms with Crippen LogP contribution in [-0.4, -0.2) is 64.3 Å². The van der Waals surface area contributed by atoms with Crippen LogP contribution in [0.25, 0.3) is 0 Å². The predicted octanol–water partition coefficient (Wildman–Crippen LogP) is 3.92. The van der Waals surface area contributed by atoms with Gasteiger partial charge in [0.25, 0.3) is 0 Å². The van der Waals surface area contributed by atoms with Crippen LogP contribution in [-0.2, 0) is 18.9 Å². The Morgan fingerprint density at radius 2 is 0.481 bits per heavy atom. The Morgan fingerprint density at radius 1 is 0.327 bits per heavy atom. The van der Waals surface area contributed by atoms with Gasteiger partial charge in [-0.2, -0.15) is 0 Å². The van der Waals surface area contributed by atoms with Gasteiger partial charge in [-0.3, -0.25) is 0 Å². The Bertz CT molecular complexity index is 1820. The van der Waals surface area contributed by atoms with E-state index in [1.165, 1.54) is 0 Å². The number of benzene rings is 5. The van der Waals surface area contributed by atoms with Crippen molar-refractivity contribution in [2.45, 2.75) is 0 Å². The predicted molar refractivity (Wildman–Crippen MR) is 204 cm³/mol. The summed E-state index contributed by atoms with van der Waals surface area (Å²) in [5.74, 6) is -1.97. The molecular weight excluding hydrogens is 876 g/mol. The van der Waals surface area contributed by atoms with Crippen molar-refractivity contribution in [2.24, 2.45) is 0 Å². The van der Waals surface area contributed by atoms with Crippen molar-refractivity contribution in [1.29, 1.82) is 0 Å². The molecule has 0 aromatic heterocycles. The molecule has 0 aliphatic rings. The van der Waals surface area contributed by atoms with Gasteiger partial charge in [-0.05, 0) is 0 Å². The molecule has 0 bridgehead atoms. The van der Waals surface area contributed by atoms with Crippen LogP contribution in [0.5, 0.6) is 0 Å². The molecular formula is C42H32O8Sb2. The van der Waals surface area contributed by atoms with Crippen LogP contribution in [0, 0.1) is 0 Å². The number of carbonyl (C=O) groups excluding carboxylic acids is 4. The number of esters is 4. The van der Waals surface area contributed by atoms with Crippen molar-refractivity contribution in [2.75, 3.05) is 0 Å². The van der Waals surface area contributed by atoms with Crippen molar-refractivity contribution in [1.82, 2.24) is 0 Å². The topological polar surface area (TPSA) is 105 Å². The second-order valence-electron chi connectivity index (χ2n) is 10.7. The van der Waals surface area contributed by atoms with E-state index in [9.17, 15) is 19.2 Å².